The van der Waals surface area contributed by atoms with Crippen LogP contribution >= 0.6 is 0 Å². The minimum atomic E-state index is -0.916. The number of piperidine rings is 1. The fourth-order valence-electron chi connectivity index (χ4n) is 2.97. The molecule has 1 aliphatic heterocycles. The average Bonchev–Trinajstić information content (AvgIpc) is 3.05. The largest absolute Gasteiger partial charge is 0.350 e. The van der Waals surface area contributed by atoms with E-state index in [1.54, 1.807) is 10.9 Å². The molecule has 128 valence electrons. The minimum absolute atomic E-state index is 0.114. The molecule has 1 aliphatic rings. The highest BCUT2D eigenvalue weighted by Crippen LogP contribution is 2.22. The van der Waals surface area contributed by atoms with Crippen LogP contribution in [0, 0.1) is 11.6 Å². The molecule has 0 saturated carbocycles. The summed E-state index contributed by atoms with van der Waals surface area (Å²) in [4.78, 5) is 12.1. The second kappa shape index (κ2) is 7.53. The van der Waals surface area contributed by atoms with Crippen LogP contribution in [0.15, 0.2) is 30.5 Å². The lowest BCUT2D eigenvalue weighted by Crippen LogP contribution is -2.32. The Hall–Kier alpha value is -2.28. The number of carbonyl (C=O) groups excluding carboxylic acids is 1. The van der Waals surface area contributed by atoms with Gasteiger partial charge in [-0.3, -0.25) is 9.48 Å². The van der Waals surface area contributed by atoms with Crippen molar-refractivity contribution in [2.24, 2.45) is 0 Å². The number of aromatic nitrogens is 2. The van der Waals surface area contributed by atoms with E-state index in [4.69, 9.17) is 0 Å². The molecule has 2 aromatic rings. The smallest absolute Gasteiger partial charge is 0.242 e. The molecule has 5 nitrogen and oxygen atoms in total. The van der Waals surface area contributed by atoms with Crippen molar-refractivity contribution in [3.8, 4) is 0 Å². The lowest BCUT2D eigenvalue weighted by atomic mass is 9.96. The van der Waals surface area contributed by atoms with E-state index in [0.717, 1.165) is 43.8 Å². The number of carbonyl (C=O) groups is 1. The Kier molecular flexibility index (Phi) is 5.20. The van der Waals surface area contributed by atoms with Crippen molar-refractivity contribution in [3.63, 3.8) is 0 Å². The van der Waals surface area contributed by atoms with Gasteiger partial charge < -0.3 is 10.6 Å². The molecule has 0 unspecified atom stereocenters. The fourth-order valence-corrected chi connectivity index (χ4v) is 2.97. The van der Waals surface area contributed by atoms with Gasteiger partial charge in [-0.25, -0.2) is 8.78 Å². The van der Waals surface area contributed by atoms with Crippen LogP contribution in [0.5, 0.6) is 0 Å². The van der Waals surface area contributed by atoms with E-state index in [1.165, 1.54) is 6.07 Å². The predicted molar refractivity (Wildman–Crippen MR) is 85.3 cm³/mol. The van der Waals surface area contributed by atoms with Crippen molar-refractivity contribution in [2.75, 3.05) is 13.1 Å². The van der Waals surface area contributed by atoms with Gasteiger partial charge in [0.1, 0.15) is 6.54 Å². The zero-order valence-electron chi connectivity index (χ0n) is 13.3. The summed E-state index contributed by atoms with van der Waals surface area (Å²) >= 11 is 0. The van der Waals surface area contributed by atoms with Gasteiger partial charge in [-0.2, -0.15) is 5.10 Å². The first-order chi connectivity index (χ1) is 11.6. The fraction of sp³-hybridized carbons (Fsp3) is 0.412. The third-order valence-electron chi connectivity index (χ3n) is 4.23. The van der Waals surface area contributed by atoms with Crippen molar-refractivity contribution < 1.29 is 13.6 Å². The van der Waals surface area contributed by atoms with Crippen LogP contribution in [0.1, 0.15) is 30.0 Å². The quantitative estimate of drug-likeness (QED) is 0.879. The van der Waals surface area contributed by atoms with Gasteiger partial charge in [0.05, 0.1) is 0 Å². The topological polar surface area (TPSA) is 59.0 Å². The van der Waals surface area contributed by atoms with Crippen LogP contribution in [-0.4, -0.2) is 28.8 Å². The molecule has 1 saturated heterocycles. The van der Waals surface area contributed by atoms with Crippen LogP contribution < -0.4 is 10.6 Å². The maximum Gasteiger partial charge on any atom is 0.242 e. The first-order valence-electron chi connectivity index (χ1n) is 8.06. The number of nitrogens with zero attached hydrogens (tertiary/aromatic N) is 2. The molecule has 1 amide bonds. The number of benzene rings is 1. The average molecular weight is 334 g/mol. The van der Waals surface area contributed by atoms with Crippen molar-refractivity contribution in [1.29, 1.82) is 0 Å². The van der Waals surface area contributed by atoms with E-state index in [0.29, 0.717) is 11.5 Å². The Morgan fingerprint density at radius 2 is 2.21 bits per heavy atom. The van der Waals surface area contributed by atoms with Crippen LogP contribution in [0.3, 0.4) is 0 Å². The zero-order chi connectivity index (χ0) is 16.9. The Balaban J connectivity index is 1.57. The number of hydrogen-bond acceptors (Lipinski definition) is 3. The standard InChI is InChI=1S/C17H20F2N4O/c18-14-4-3-12(8-15(14)19)9-21-17(24)11-23-16(5-7-22-23)13-2-1-6-20-10-13/h3-5,7-8,13,20H,1-2,6,9-11H2,(H,21,24)/t13-/m1/s1. The van der Waals surface area contributed by atoms with Gasteiger partial charge in [-0.05, 0) is 43.1 Å². The van der Waals surface area contributed by atoms with Crippen LogP contribution in [0.4, 0.5) is 8.78 Å². The summed E-state index contributed by atoms with van der Waals surface area (Å²) in [5, 5.41) is 10.3. The molecule has 1 aromatic carbocycles. The predicted octanol–water partition coefficient (Wildman–Crippen LogP) is 1.94. The normalized spacial score (nSPS) is 17.7. The van der Waals surface area contributed by atoms with Crippen molar-refractivity contribution in [1.82, 2.24) is 20.4 Å². The van der Waals surface area contributed by atoms with E-state index in [9.17, 15) is 13.6 Å². The molecule has 0 bridgehead atoms. The van der Waals surface area contributed by atoms with E-state index < -0.39 is 11.6 Å². The first kappa shape index (κ1) is 16.6. The van der Waals surface area contributed by atoms with Crippen LogP contribution in [0.2, 0.25) is 0 Å². The van der Waals surface area contributed by atoms with Crippen molar-refractivity contribution >= 4 is 5.91 Å². The van der Waals surface area contributed by atoms with Gasteiger partial charge in [-0.1, -0.05) is 6.07 Å². The van der Waals surface area contributed by atoms with E-state index in [1.807, 2.05) is 6.07 Å². The number of halogens is 2. The van der Waals surface area contributed by atoms with Crippen LogP contribution in [0.25, 0.3) is 0 Å². The number of hydrogen-bond donors (Lipinski definition) is 2. The summed E-state index contributed by atoms with van der Waals surface area (Å²) in [6.07, 6.45) is 3.89. The Bertz CT molecular complexity index is 710. The lowest BCUT2D eigenvalue weighted by Gasteiger charge is -2.23. The van der Waals surface area contributed by atoms with E-state index in [-0.39, 0.29) is 19.0 Å². The molecular formula is C17H20F2N4O. The minimum Gasteiger partial charge on any atom is -0.350 e. The Labute approximate surface area is 139 Å². The Morgan fingerprint density at radius 3 is 2.96 bits per heavy atom. The maximum atomic E-state index is 13.2. The van der Waals surface area contributed by atoms with Gasteiger partial charge in [-0.15, -0.1) is 0 Å². The number of rotatable bonds is 5. The van der Waals surface area contributed by atoms with Gasteiger partial charge in [0.25, 0.3) is 0 Å². The Morgan fingerprint density at radius 1 is 1.33 bits per heavy atom. The lowest BCUT2D eigenvalue weighted by molar-refractivity contribution is -0.122. The third kappa shape index (κ3) is 3.97. The SMILES string of the molecule is O=C(Cn1nccc1[C@@H]1CCCNC1)NCc1ccc(F)c(F)c1. The van der Waals surface area contributed by atoms with Gasteiger partial charge >= 0.3 is 0 Å². The summed E-state index contributed by atoms with van der Waals surface area (Å²) in [6, 6.07) is 5.53. The second-order valence-corrected chi connectivity index (χ2v) is 5.98. The molecular weight excluding hydrogens is 314 g/mol. The van der Waals surface area contributed by atoms with E-state index in [2.05, 4.69) is 15.7 Å². The van der Waals surface area contributed by atoms with E-state index >= 15 is 0 Å². The molecule has 24 heavy (non-hydrogen) atoms. The highest BCUT2D eigenvalue weighted by atomic mass is 19.2. The van der Waals surface area contributed by atoms with Gasteiger partial charge in [0.15, 0.2) is 11.6 Å². The molecule has 7 heteroatoms. The van der Waals surface area contributed by atoms with Crippen LogP contribution in [-0.2, 0) is 17.9 Å². The monoisotopic (exact) mass is 334 g/mol. The molecule has 2 N–H and O–H groups in total. The molecule has 0 spiro atoms. The molecule has 1 atom stereocenters. The third-order valence-corrected chi connectivity index (χ3v) is 4.23. The number of nitrogens with one attached hydrogen (secondary N) is 2. The molecule has 2 heterocycles. The maximum absolute atomic E-state index is 13.2. The summed E-state index contributed by atoms with van der Waals surface area (Å²) in [7, 11) is 0. The highest BCUT2D eigenvalue weighted by Gasteiger charge is 2.19. The summed E-state index contributed by atoms with van der Waals surface area (Å²) in [5.41, 5.74) is 1.56. The number of amides is 1. The zero-order valence-corrected chi connectivity index (χ0v) is 13.3. The summed E-state index contributed by atoms with van der Waals surface area (Å²) in [6.45, 7) is 2.18. The van der Waals surface area contributed by atoms with Gasteiger partial charge in [0.2, 0.25) is 5.91 Å². The van der Waals surface area contributed by atoms with Crippen molar-refractivity contribution in [2.45, 2.75) is 31.8 Å². The second-order valence-electron chi connectivity index (χ2n) is 5.98. The van der Waals surface area contributed by atoms with Gasteiger partial charge in [0, 0.05) is 30.9 Å². The molecule has 1 fully saturated rings. The molecule has 0 radical (unpaired) electrons. The molecule has 0 aliphatic carbocycles. The first-order valence-corrected chi connectivity index (χ1v) is 8.06. The van der Waals surface area contributed by atoms with Crippen molar-refractivity contribution in [3.05, 3.63) is 53.4 Å². The molecule has 3 rings (SSSR count). The highest BCUT2D eigenvalue weighted by molar-refractivity contribution is 5.75. The molecule has 1 aromatic heterocycles. The summed E-state index contributed by atoms with van der Waals surface area (Å²) in [5.74, 6) is -1.66. The summed E-state index contributed by atoms with van der Waals surface area (Å²) < 4.78 is 27.8.